The average Bonchev–Trinajstić information content (AvgIpc) is 3.13. The minimum absolute atomic E-state index is 0.00262. The molecule has 8 nitrogen and oxygen atoms in total. The van der Waals surface area contributed by atoms with Crippen LogP contribution in [0.3, 0.4) is 0 Å². The van der Waals surface area contributed by atoms with Crippen LogP contribution >= 0.6 is 0 Å². The number of rotatable bonds is 4. The number of fused-ring (bicyclic) bond motifs is 1. The van der Waals surface area contributed by atoms with E-state index in [-0.39, 0.29) is 24.5 Å². The number of hydrogen-bond acceptors (Lipinski definition) is 5. The summed E-state index contributed by atoms with van der Waals surface area (Å²) in [7, 11) is 0. The van der Waals surface area contributed by atoms with E-state index in [2.05, 4.69) is 5.32 Å². The number of piperazine rings is 1. The summed E-state index contributed by atoms with van der Waals surface area (Å²) in [6, 6.07) is 5.47. The molecule has 1 aromatic rings. The normalized spacial score (nSPS) is 16.3. The van der Waals surface area contributed by atoms with Gasteiger partial charge in [-0.05, 0) is 31.5 Å². The Balaban J connectivity index is 1.56. The summed E-state index contributed by atoms with van der Waals surface area (Å²) < 4.78 is 10.6. The molecule has 1 fully saturated rings. The second-order valence-electron chi connectivity index (χ2n) is 7.29. The van der Waals surface area contributed by atoms with Crippen molar-refractivity contribution in [1.29, 1.82) is 0 Å². The lowest BCUT2D eigenvalue weighted by atomic mass is 9.89. The van der Waals surface area contributed by atoms with Crippen molar-refractivity contribution in [3.05, 3.63) is 23.8 Å². The van der Waals surface area contributed by atoms with Gasteiger partial charge in [-0.15, -0.1) is 0 Å². The quantitative estimate of drug-likeness (QED) is 0.785. The van der Waals surface area contributed by atoms with Gasteiger partial charge in [-0.2, -0.15) is 0 Å². The SMILES string of the molecule is CC(=O)N1CCN(C(=O)C(C)(C)C(=O)NCc2ccc3c(c2)OCO3)CC1. The highest BCUT2D eigenvalue weighted by Crippen LogP contribution is 2.32. The maximum atomic E-state index is 12.8. The van der Waals surface area contributed by atoms with E-state index < -0.39 is 5.41 Å². The molecule has 0 saturated carbocycles. The van der Waals surface area contributed by atoms with Gasteiger partial charge in [-0.25, -0.2) is 0 Å². The standard InChI is InChI=1S/C19H25N3O5/c1-13(23)21-6-8-22(9-7-21)18(25)19(2,3)17(24)20-11-14-4-5-15-16(10-14)27-12-26-15/h4-5,10H,6-9,11-12H2,1-3H3,(H,20,24). The van der Waals surface area contributed by atoms with Crippen molar-refractivity contribution < 1.29 is 23.9 Å². The van der Waals surface area contributed by atoms with Crippen LogP contribution in [0.25, 0.3) is 0 Å². The number of carbonyl (C=O) groups excluding carboxylic acids is 3. The summed E-state index contributed by atoms with van der Waals surface area (Å²) in [4.78, 5) is 40.2. The first kappa shape index (κ1) is 19.0. The maximum absolute atomic E-state index is 12.8. The zero-order chi connectivity index (χ0) is 19.6. The largest absolute Gasteiger partial charge is 0.454 e. The molecule has 0 bridgehead atoms. The molecule has 2 heterocycles. The van der Waals surface area contributed by atoms with Crippen LogP contribution in [-0.4, -0.2) is 60.5 Å². The third-order valence-corrected chi connectivity index (χ3v) is 5.00. The topological polar surface area (TPSA) is 88.2 Å². The maximum Gasteiger partial charge on any atom is 0.237 e. The van der Waals surface area contributed by atoms with E-state index in [9.17, 15) is 14.4 Å². The lowest BCUT2D eigenvalue weighted by molar-refractivity contribution is -0.151. The second-order valence-corrected chi connectivity index (χ2v) is 7.29. The number of nitrogens with one attached hydrogen (secondary N) is 1. The first-order valence-electron chi connectivity index (χ1n) is 9.01. The molecule has 3 rings (SSSR count). The van der Waals surface area contributed by atoms with Crippen molar-refractivity contribution >= 4 is 17.7 Å². The van der Waals surface area contributed by atoms with Crippen LogP contribution in [0.1, 0.15) is 26.3 Å². The third kappa shape index (κ3) is 3.99. The number of carbonyl (C=O) groups is 3. The fraction of sp³-hybridized carbons (Fsp3) is 0.526. The highest BCUT2D eigenvalue weighted by Gasteiger charge is 2.40. The van der Waals surface area contributed by atoms with Gasteiger partial charge < -0.3 is 24.6 Å². The van der Waals surface area contributed by atoms with Crippen LogP contribution in [-0.2, 0) is 20.9 Å². The molecule has 1 aromatic carbocycles. The van der Waals surface area contributed by atoms with E-state index in [1.165, 1.54) is 6.92 Å². The predicted molar refractivity (Wildman–Crippen MR) is 97.0 cm³/mol. The number of amides is 3. The van der Waals surface area contributed by atoms with Crippen LogP contribution in [0.4, 0.5) is 0 Å². The van der Waals surface area contributed by atoms with E-state index in [0.29, 0.717) is 44.2 Å². The fourth-order valence-electron chi connectivity index (χ4n) is 3.17. The van der Waals surface area contributed by atoms with Crippen LogP contribution in [0.5, 0.6) is 11.5 Å². The first-order valence-corrected chi connectivity index (χ1v) is 9.01. The van der Waals surface area contributed by atoms with Gasteiger partial charge in [-0.3, -0.25) is 14.4 Å². The van der Waals surface area contributed by atoms with E-state index in [1.807, 2.05) is 12.1 Å². The lowest BCUT2D eigenvalue weighted by Gasteiger charge is -2.37. The summed E-state index contributed by atoms with van der Waals surface area (Å²) in [5.41, 5.74) is -0.319. The van der Waals surface area contributed by atoms with Gasteiger partial charge in [-0.1, -0.05) is 6.07 Å². The van der Waals surface area contributed by atoms with Gasteiger partial charge in [0, 0.05) is 39.6 Å². The Morgan fingerprint density at radius 3 is 2.33 bits per heavy atom. The lowest BCUT2D eigenvalue weighted by Crippen LogP contribution is -2.56. The molecule has 8 heteroatoms. The summed E-state index contributed by atoms with van der Waals surface area (Å²) in [6.45, 7) is 7.14. The zero-order valence-electron chi connectivity index (χ0n) is 15.9. The molecule has 0 spiro atoms. The predicted octanol–water partition coefficient (Wildman–Crippen LogP) is 0.748. The molecule has 0 unspecified atom stereocenters. The molecule has 0 radical (unpaired) electrons. The molecule has 1 N–H and O–H groups in total. The van der Waals surface area contributed by atoms with Gasteiger partial charge in [0.05, 0.1) is 0 Å². The van der Waals surface area contributed by atoms with Crippen LogP contribution in [0.2, 0.25) is 0 Å². The number of nitrogens with zero attached hydrogens (tertiary/aromatic N) is 2. The van der Waals surface area contributed by atoms with Crippen LogP contribution < -0.4 is 14.8 Å². The first-order chi connectivity index (χ1) is 12.8. The highest BCUT2D eigenvalue weighted by atomic mass is 16.7. The zero-order valence-corrected chi connectivity index (χ0v) is 15.9. The molecular weight excluding hydrogens is 350 g/mol. The number of benzene rings is 1. The Bertz CT molecular complexity index is 754. The van der Waals surface area contributed by atoms with E-state index in [0.717, 1.165) is 5.56 Å². The van der Waals surface area contributed by atoms with Gasteiger partial charge in [0.15, 0.2) is 11.5 Å². The molecule has 146 valence electrons. The van der Waals surface area contributed by atoms with Crippen molar-refractivity contribution in [2.24, 2.45) is 5.41 Å². The van der Waals surface area contributed by atoms with Crippen LogP contribution in [0.15, 0.2) is 18.2 Å². The summed E-state index contributed by atoms with van der Waals surface area (Å²) in [6.07, 6.45) is 0. The van der Waals surface area contributed by atoms with Crippen molar-refractivity contribution in [2.45, 2.75) is 27.3 Å². The Hall–Kier alpha value is -2.77. The minimum atomic E-state index is -1.19. The molecule has 2 aliphatic heterocycles. The fourth-order valence-corrected chi connectivity index (χ4v) is 3.17. The second kappa shape index (κ2) is 7.46. The van der Waals surface area contributed by atoms with E-state index >= 15 is 0 Å². The highest BCUT2D eigenvalue weighted by molar-refractivity contribution is 6.04. The van der Waals surface area contributed by atoms with Crippen molar-refractivity contribution in [3.8, 4) is 11.5 Å². The summed E-state index contributed by atoms with van der Waals surface area (Å²) in [5.74, 6) is 0.779. The third-order valence-electron chi connectivity index (χ3n) is 5.00. The van der Waals surface area contributed by atoms with Crippen molar-refractivity contribution in [2.75, 3.05) is 33.0 Å². The van der Waals surface area contributed by atoms with E-state index in [1.54, 1.807) is 29.7 Å². The average molecular weight is 375 g/mol. The number of ether oxygens (including phenoxy) is 2. The van der Waals surface area contributed by atoms with Crippen LogP contribution in [0, 0.1) is 5.41 Å². The molecular formula is C19H25N3O5. The summed E-state index contributed by atoms with van der Waals surface area (Å²) in [5, 5.41) is 2.83. The molecule has 0 atom stereocenters. The van der Waals surface area contributed by atoms with Gasteiger partial charge in [0.25, 0.3) is 0 Å². The Labute approximate surface area is 158 Å². The molecule has 0 aromatic heterocycles. The van der Waals surface area contributed by atoms with Gasteiger partial charge >= 0.3 is 0 Å². The molecule has 0 aliphatic carbocycles. The molecule has 3 amide bonds. The molecule has 27 heavy (non-hydrogen) atoms. The number of hydrogen-bond donors (Lipinski definition) is 1. The van der Waals surface area contributed by atoms with Crippen molar-refractivity contribution in [3.63, 3.8) is 0 Å². The smallest absolute Gasteiger partial charge is 0.237 e. The Morgan fingerprint density at radius 1 is 1.04 bits per heavy atom. The van der Waals surface area contributed by atoms with E-state index in [4.69, 9.17) is 9.47 Å². The van der Waals surface area contributed by atoms with Gasteiger partial charge in [0.2, 0.25) is 24.5 Å². The molecule has 2 aliphatic rings. The van der Waals surface area contributed by atoms with Crippen molar-refractivity contribution in [1.82, 2.24) is 15.1 Å². The monoisotopic (exact) mass is 375 g/mol. The summed E-state index contributed by atoms with van der Waals surface area (Å²) >= 11 is 0. The Kier molecular flexibility index (Phi) is 5.25. The van der Waals surface area contributed by atoms with Gasteiger partial charge in [0.1, 0.15) is 5.41 Å². The Morgan fingerprint density at radius 2 is 1.67 bits per heavy atom. The minimum Gasteiger partial charge on any atom is -0.454 e. The molecule has 1 saturated heterocycles.